The molecule has 0 bridgehead atoms. The van der Waals surface area contributed by atoms with E-state index in [4.69, 9.17) is 4.74 Å². The largest absolute Gasteiger partial charge is 0.462 e. The minimum Gasteiger partial charge on any atom is -0.462 e. The number of esters is 1. The molecule has 0 aliphatic heterocycles. The van der Waals surface area contributed by atoms with Gasteiger partial charge in [-0.15, -0.1) is 0 Å². The molecule has 0 aliphatic carbocycles. The van der Waals surface area contributed by atoms with Crippen LogP contribution in [0.1, 0.15) is 17.3 Å². The van der Waals surface area contributed by atoms with Crippen LogP contribution >= 0.6 is 0 Å². The summed E-state index contributed by atoms with van der Waals surface area (Å²) in [4.78, 5) is 15.6. The molecule has 0 radical (unpaired) electrons. The number of pyridine rings is 1. The Balaban J connectivity index is 2.45. The molecule has 0 amide bonds. The molecule has 15 heavy (non-hydrogen) atoms. The van der Waals surface area contributed by atoms with Crippen LogP contribution in [0.3, 0.4) is 0 Å². The minimum atomic E-state index is -0.326. The second kappa shape index (κ2) is 3.73. The van der Waals surface area contributed by atoms with Crippen LogP contribution in [0.25, 0.3) is 11.0 Å². The molecule has 0 N–H and O–H groups in total. The number of ether oxygens (including phenoxy) is 1. The van der Waals surface area contributed by atoms with E-state index in [0.29, 0.717) is 12.2 Å². The zero-order valence-corrected chi connectivity index (χ0v) is 8.73. The number of hydrogen-bond acceptors (Lipinski definition) is 3. The minimum absolute atomic E-state index is 0.326. The van der Waals surface area contributed by atoms with E-state index in [1.807, 2.05) is 23.9 Å². The van der Waals surface area contributed by atoms with Gasteiger partial charge in [-0.1, -0.05) is 0 Å². The van der Waals surface area contributed by atoms with Crippen molar-refractivity contribution in [1.82, 2.24) is 9.55 Å². The molecule has 4 nitrogen and oxygen atoms in total. The van der Waals surface area contributed by atoms with Crippen LogP contribution in [0.5, 0.6) is 0 Å². The molecule has 0 atom stereocenters. The number of aromatic nitrogens is 2. The third kappa shape index (κ3) is 1.70. The Morgan fingerprint density at radius 1 is 1.60 bits per heavy atom. The molecular formula is C11H12N2O2. The number of carbonyl (C=O) groups excluding carboxylic acids is 1. The van der Waals surface area contributed by atoms with Crippen molar-refractivity contribution in [2.24, 2.45) is 7.05 Å². The van der Waals surface area contributed by atoms with Crippen LogP contribution in [0.4, 0.5) is 0 Å². The van der Waals surface area contributed by atoms with Crippen LogP contribution in [0, 0.1) is 0 Å². The van der Waals surface area contributed by atoms with Gasteiger partial charge in [0.25, 0.3) is 0 Å². The maximum Gasteiger partial charge on any atom is 0.339 e. The highest BCUT2D eigenvalue weighted by atomic mass is 16.5. The first kappa shape index (κ1) is 9.71. The van der Waals surface area contributed by atoms with Crippen molar-refractivity contribution < 1.29 is 9.53 Å². The Morgan fingerprint density at radius 3 is 3.13 bits per heavy atom. The van der Waals surface area contributed by atoms with Crippen LogP contribution in [0.2, 0.25) is 0 Å². The molecule has 4 heteroatoms. The first-order valence-electron chi connectivity index (χ1n) is 4.80. The average Bonchev–Trinajstić information content (AvgIpc) is 2.60. The molecule has 0 unspecified atom stereocenters. The summed E-state index contributed by atoms with van der Waals surface area (Å²) in [5.74, 6) is -0.326. The Hall–Kier alpha value is -1.84. The van der Waals surface area contributed by atoms with E-state index in [1.165, 1.54) is 0 Å². The summed E-state index contributed by atoms with van der Waals surface area (Å²) >= 11 is 0. The lowest BCUT2D eigenvalue weighted by Gasteiger charge is -2.02. The lowest BCUT2D eigenvalue weighted by atomic mass is 10.2. The van der Waals surface area contributed by atoms with Crippen molar-refractivity contribution in [3.63, 3.8) is 0 Å². The maximum absolute atomic E-state index is 11.5. The summed E-state index contributed by atoms with van der Waals surface area (Å²) in [6.45, 7) is 2.16. The topological polar surface area (TPSA) is 44.1 Å². The monoisotopic (exact) mass is 204 g/mol. The summed E-state index contributed by atoms with van der Waals surface area (Å²) in [7, 11) is 1.92. The summed E-state index contributed by atoms with van der Waals surface area (Å²) < 4.78 is 6.83. The van der Waals surface area contributed by atoms with Gasteiger partial charge >= 0.3 is 5.97 Å². The van der Waals surface area contributed by atoms with E-state index >= 15 is 0 Å². The van der Waals surface area contributed by atoms with Crippen LogP contribution in [-0.2, 0) is 11.8 Å². The van der Waals surface area contributed by atoms with Crippen LogP contribution < -0.4 is 0 Å². The summed E-state index contributed by atoms with van der Waals surface area (Å²) in [5.41, 5.74) is 2.30. The van der Waals surface area contributed by atoms with Gasteiger partial charge < -0.3 is 9.30 Å². The summed E-state index contributed by atoms with van der Waals surface area (Å²) in [5, 5.41) is 0. The van der Waals surface area contributed by atoms with Crippen molar-refractivity contribution >= 4 is 17.0 Å². The Labute approximate surface area is 87.5 Å². The standard InChI is InChI=1S/C11H12N2O2/c1-3-15-11(14)8-6-10-9(12-7-8)4-5-13(10)2/h4-7H,3H2,1-2H3. The van der Waals surface area contributed by atoms with E-state index in [9.17, 15) is 4.79 Å². The van der Waals surface area contributed by atoms with Crippen molar-refractivity contribution in [1.29, 1.82) is 0 Å². The third-order valence-electron chi connectivity index (χ3n) is 2.24. The maximum atomic E-state index is 11.5. The molecule has 0 saturated carbocycles. The predicted octanol–water partition coefficient (Wildman–Crippen LogP) is 1.75. The predicted molar refractivity (Wildman–Crippen MR) is 56.7 cm³/mol. The molecule has 0 aliphatic rings. The first-order valence-corrected chi connectivity index (χ1v) is 4.80. The highest BCUT2D eigenvalue weighted by Gasteiger charge is 2.08. The summed E-state index contributed by atoms with van der Waals surface area (Å²) in [6.07, 6.45) is 3.45. The van der Waals surface area contributed by atoms with Gasteiger partial charge in [0, 0.05) is 19.4 Å². The van der Waals surface area contributed by atoms with Gasteiger partial charge in [0.2, 0.25) is 0 Å². The summed E-state index contributed by atoms with van der Waals surface area (Å²) in [6, 6.07) is 3.70. The van der Waals surface area contributed by atoms with Gasteiger partial charge in [0.15, 0.2) is 0 Å². The van der Waals surface area contributed by atoms with Crippen LogP contribution in [-0.4, -0.2) is 22.1 Å². The van der Waals surface area contributed by atoms with Crippen molar-refractivity contribution in [3.05, 3.63) is 30.1 Å². The molecule has 0 saturated heterocycles. The number of hydrogen-bond donors (Lipinski definition) is 0. The fourth-order valence-electron chi connectivity index (χ4n) is 1.46. The molecule has 2 aromatic rings. The van der Waals surface area contributed by atoms with E-state index < -0.39 is 0 Å². The Bertz CT molecular complexity index is 502. The van der Waals surface area contributed by atoms with Gasteiger partial charge in [0.05, 0.1) is 23.2 Å². The number of rotatable bonds is 2. The van der Waals surface area contributed by atoms with Gasteiger partial charge in [0.1, 0.15) is 0 Å². The SMILES string of the molecule is CCOC(=O)c1cnc2ccn(C)c2c1. The number of carbonyl (C=O) groups is 1. The second-order valence-corrected chi connectivity index (χ2v) is 3.28. The van der Waals surface area contributed by atoms with Gasteiger partial charge in [-0.2, -0.15) is 0 Å². The fraction of sp³-hybridized carbons (Fsp3) is 0.273. The molecule has 0 aromatic carbocycles. The molecule has 2 rings (SSSR count). The smallest absolute Gasteiger partial charge is 0.339 e. The fourth-order valence-corrected chi connectivity index (χ4v) is 1.46. The molecule has 78 valence electrons. The molecule has 2 heterocycles. The molecule has 0 fully saturated rings. The van der Waals surface area contributed by atoms with Crippen molar-refractivity contribution in [2.75, 3.05) is 6.61 Å². The Morgan fingerprint density at radius 2 is 2.40 bits per heavy atom. The Kier molecular flexibility index (Phi) is 2.41. The van der Waals surface area contributed by atoms with Crippen molar-refractivity contribution in [3.8, 4) is 0 Å². The lowest BCUT2D eigenvalue weighted by Crippen LogP contribution is -2.05. The van der Waals surface area contributed by atoms with E-state index in [-0.39, 0.29) is 5.97 Å². The average molecular weight is 204 g/mol. The number of aryl methyl sites for hydroxylation is 1. The van der Waals surface area contributed by atoms with E-state index in [0.717, 1.165) is 11.0 Å². The molecular weight excluding hydrogens is 192 g/mol. The highest BCUT2D eigenvalue weighted by Crippen LogP contribution is 2.14. The van der Waals surface area contributed by atoms with Gasteiger partial charge in [-0.3, -0.25) is 4.98 Å². The zero-order valence-electron chi connectivity index (χ0n) is 8.73. The molecule has 0 spiro atoms. The quantitative estimate of drug-likeness (QED) is 0.700. The van der Waals surface area contributed by atoms with E-state index in [1.54, 1.807) is 19.2 Å². The van der Waals surface area contributed by atoms with Gasteiger partial charge in [-0.05, 0) is 19.1 Å². The lowest BCUT2D eigenvalue weighted by molar-refractivity contribution is 0.0526. The van der Waals surface area contributed by atoms with Crippen LogP contribution in [0.15, 0.2) is 24.5 Å². The highest BCUT2D eigenvalue weighted by molar-refractivity contribution is 5.92. The third-order valence-corrected chi connectivity index (χ3v) is 2.24. The second-order valence-electron chi connectivity index (χ2n) is 3.28. The first-order chi connectivity index (χ1) is 7.22. The van der Waals surface area contributed by atoms with Gasteiger partial charge in [-0.25, -0.2) is 4.79 Å². The number of nitrogens with zero attached hydrogens (tertiary/aromatic N) is 2. The molecule has 2 aromatic heterocycles. The van der Waals surface area contributed by atoms with Crippen molar-refractivity contribution in [2.45, 2.75) is 6.92 Å². The zero-order chi connectivity index (χ0) is 10.8. The number of fused-ring (bicyclic) bond motifs is 1. The van der Waals surface area contributed by atoms with E-state index in [2.05, 4.69) is 4.98 Å². The normalized spacial score (nSPS) is 10.5.